The van der Waals surface area contributed by atoms with Gasteiger partial charge in [-0.3, -0.25) is 0 Å². The standard InChI is InChI=1S/C15H21N3O/c1-19-13-6-5-12-7-10-18-15(14(12)11-13)17-9-4-2-3-8-16/h5-7,10-11H,2-4,8-9,16H2,1H3,(H,17,18). The SMILES string of the molecule is COc1ccc2ccnc(NCCCCCN)c2c1. The fraction of sp³-hybridized carbons (Fsp3) is 0.400. The van der Waals surface area contributed by atoms with Crippen LogP contribution in [0.3, 0.4) is 0 Å². The molecule has 0 saturated heterocycles. The van der Waals surface area contributed by atoms with Gasteiger partial charge in [-0.15, -0.1) is 0 Å². The highest BCUT2D eigenvalue weighted by Crippen LogP contribution is 2.25. The highest BCUT2D eigenvalue weighted by atomic mass is 16.5. The van der Waals surface area contributed by atoms with E-state index in [2.05, 4.69) is 16.4 Å². The first-order valence-electron chi connectivity index (χ1n) is 6.72. The van der Waals surface area contributed by atoms with Gasteiger partial charge in [0.05, 0.1) is 7.11 Å². The van der Waals surface area contributed by atoms with Gasteiger partial charge in [-0.2, -0.15) is 0 Å². The molecule has 0 saturated carbocycles. The number of unbranched alkanes of at least 4 members (excludes halogenated alkanes) is 2. The van der Waals surface area contributed by atoms with Gasteiger partial charge in [0, 0.05) is 18.1 Å². The van der Waals surface area contributed by atoms with Crippen LogP contribution >= 0.6 is 0 Å². The van der Waals surface area contributed by atoms with E-state index in [0.717, 1.165) is 49.3 Å². The van der Waals surface area contributed by atoms with Crippen LogP contribution in [0.1, 0.15) is 19.3 Å². The molecule has 0 aliphatic carbocycles. The summed E-state index contributed by atoms with van der Waals surface area (Å²) in [5.74, 6) is 1.77. The largest absolute Gasteiger partial charge is 0.497 e. The summed E-state index contributed by atoms with van der Waals surface area (Å²) in [7, 11) is 1.68. The molecular weight excluding hydrogens is 238 g/mol. The molecule has 0 bridgehead atoms. The highest BCUT2D eigenvalue weighted by molar-refractivity contribution is 5.92. The van der Waals surface area contributed by atoms with Gasteiger partial charge in [-0.1, -0.05) is 12.5 Å². The zero-order valence-electron chi connectivity index (χ0n) is 11.4. The van der Waals surface area contributed by atoms with Gasteiger partial charge in [0.25, 0.3) is 0 Å². The van der Waals surface area contributed by atoms with Crippen LogP contribution in [-0.2, 0) is 0 Å². The molecule has 102 valence electrons. The average molecular weight is 259 g/mol. The molecular formula is C15H21N3O. The summed E-state index contributed by atoms with van der Waals surface area (Å²) >= 11 is 0. The first-order chi connectivity index (χ1) is 9.35. The maximum Gasteiger partial charge on any atom is 0.133 e. The van der Waals surface area contributed by atoms with Gasteiger partial charge >= 0.3 is 0 Å². The monoisotopic (exact) mass is 259 g/mol. The summed E-state index contributed by atoms with van der Waals surface area (Å²) < 4.78 is 5.27. The predicted octanol–water partition coefficient (Wildman–Crippen LogP) is 2.78. The van der Waals surface area contributed by atoms with Crippen molar-refractivity contribution in [2.24, 2.45) is 5.73 Å². The Morgan fingerprint density at radius 3 is 2.89 bits per heavy atom. The Morgan fingerprint density at radius 2 is 2.11 bits per heavy atom. The van der Waals surface area contributed by atoms with Crippen molar-refractivity contribution in [1.29, 1.82) is 0 Å². The first-order valence-corrected chi connectivity index (χ1v) is 6.72. The number of anilines is 1. The van der Waals surface area contributed by atoms with Crippen molar-refractivity contribution < 1.29 is 4.74 Å². The molecule has 4 nitrogen and oxygen atoms in total. The minimum absolute atomic E-state index is 0.768. The lowest BCUT2D eigenvalue weighted by Crippen LogP contribution is -2.05. The summed E-state index contributed by atoms with van der Waals surface area (Å²) in [4.78, 5) is 4.41. The van der Waals surface area contributed by atoms with Gasteiger partial charge in [0.2, 0.25) is 0 Å². The Hall–Kier alpha value is -1.81. The number of hydrogen-bond acceptors (Lipinski definition) is 4. The summed E-state index contributed by atoms with van der Waals surface area (Å²) in [5, 5.41) is 5.66. The zero-order chi connectivity index (χ0) is 13.5. The van der Waals surface area contributed by atoms with Crippen LogP contribution in [0.4, 0.5) is 5.82 Å². The molecule has 2 aromatic rings. The number of methoxy groups -OCH3 is 1. The fourth-order valence-corrected chi connectivity index (χ4v) is 2.07. The number of aromatic nitrogens is 1. The third-order valence-electron chi connectivity index (χ3n) is 3.15. The van der Waals surface area contributed by atoms with E-state index in [1.54, 1.807) is 7.11 Å². The van der Waals surface area contributed by atoms with E-state index in [4.69, 9.17) is 10.5 Å². The van der Waals surface area contributed by atoms with Crippen LogP contribution in [0.5, 0.6) is 5.75 Å². The second kappa shape index (κ2) is 6.95. The number of hydrogen-bond donors (Lipinski definition) is 2. The minimum Gasteiger partial charge on any atom is -0.497 e. The Kier molecular flexibility index (Phi) is 4.98. The van der Waals surface area contributed by atoms with Crippen molar-refractivity contribution >= 4 is 16.6 Å². The van der Waals surface area contributed by atoms with E-state index in [-0.39, 0.29) is 0 Å². The molecule has 0 unspecified atom stereocenters. The van der Waals surface area contributed by atoms with E-state index in [0.29, 0.717) is 0 Å². The molecule has 1 aromatic heterocycles. The number of rotatable bonds is 7. The van der Waals surface area contributed by atoms with Crippen molar-refractivity contribution in [2.75, 3.05) is 25.5 Å². The van der Waals surface area contributed by atoms with Crippen LogP contribution in [0.2, 0.25) is 0 Å². The van der Waals surface area contributed by atoms with Crippen LogP contribution in [0, 0.1) is 0 Å². The molecule has 0 amide bonds. The molecule has 0 aliphatic heterocycles. The summed E-state index contributed by atoms with van der Waals surface area (Å²) in [6.07, 6.45) is 5.17. The normalized spacial score (nSPS) is 10.6. The quantitative estimate of drug-likeness (QED) is 0.751. The zero-order valence-corrected chi connectivity index (χ0v) is 11.4. The van der Waals surface area contributed by atoms with Crippen molar-refractivity contribution in [3.05, 3.63) is 30.5 Å². The molecule has 0 fully saturated rings. The lowest BCUT2D eigenvalue weighted by atomic mass is 10.1. The number of nitrogens with two attached hydrogens (primary N) is 1. The number of pyridine rings is 1. The molecule has 0 spiro atoms. The lowest BCUT2D eigenvalue weighted by molar-refractivity contribution is 0.415. The Balaban J connectivity index is 2.08. The number of nitrogens with zero attached hydrogens (tertiary/aromatic N) is 1. The van der Waals surface area contributed by atoms with Crippen LogP contribution in [-0.4, -0.2) is 25.2 Å². The smallest absolute Gasteiger partial charge is 0.133 e. The van der Waals surface area contributed by atoms with Crippen molar-refractivity contribution in [3.63, 3.8) is 0 Å². The molecule has 2 rings (SSSR count). The topological polar surface area (TPSA) is 60.2 Å². The van der Waals surface area contributed by atoms with Crippen LogP contribution < -0.4 is 15.8 Å². The molecule has 1 heterocycles. The van der Waals surface area contributed by atoms with Gasteiger partial charge < -0.3 is 15.8 Å². The summed E-state index contributed by atoms with van der Waals surface area (Å²) in [6, 6.07) is 8.04. The van der Waals surface area contributed by atoms with E-state index < -0.39 is 0 Å². The number of ether oxygens (including phenoxy) is 1. The molecule has 1 aromatic carbocycles. The Labute approximate surface area is 114 Å². The van der Waals surface area contributed by atoms with E-state index in [1.807, 2.05) is 24.4 Å². The average Bonchev–Trinajstić information content (AvgIpc) is 2.46. The molecule has 4 heteroatoms. The van der Waals surface area contributed by atoms with E-state index in [1.165, 1.54) is 5.39 Å². The second-order valence-corrected chi connectivity index (χ2v) is 4.52. The molecule has 19 heavy (non-hydrogen) atoms. The number of benzene rings is 1. The molecule has 0 atom stereocenters. The predicted molar refractivity (Wildman–Crippen MR) is 79.7 cm³/mol. The Morgan fingerprint density at radius 1 is 1.21 bits per heavy atom. The number of fused-ring (bicyclic) bond motifs is 1. The fourth-order valence-electron chi connectivity index (χ4n) is 2.07. The first kappa shape index (κ1) is 13.6. The third kappa shape index (κ3) is 3.58. The van der Waals surface area contributed by atoms with E-state index >= 15 is 0 Å². The van der Waals surface area contributed by atoms with Crippen LogP contribution in [0.25, 0.3) is 10.8 Å². The summed E-state index contributed by atoms with van der Waals surface area (Å²) in [5.41, 5.74) is 5.48. The van der Waals surface area contributed by atoms with Crippen molar-refractivity contribution in [1.82, 2.24) is 4.98 Å². The maximum absolute atomic E-state index is 5.48. The molecule has 3 N–H and O–H groups in total. The molecule has 0 radical (unpaired) electrons. The summed E-state index contributed by atoms with van der Waals surface area (Å²) in [6.45, 7) is 1.69. The van der Waals surface area contributed by atoms with E-state index in [9.17, 15) is 0 Å². The number of nitrogens with one attached hydrogen (secondary N) is 1. The second-order valence-electron chi connectivity index (χ2n) is 4.52. The lowest BCUT2D eigenvalue weighted by Gasteiger charge is -2.09. The third-order valence-corrected chi connectivity index (χ3v) is 3.15. The molecule has 0 aliphatic rings. The van der Waals surface area contributed by atoms with Gasteiger partial charge in [0.15, 0.2) is 0 Å². The van der Waals surface area contributed by atoms with Gasteiger partial charge in [-0.25, -0.2) is 4.98 Å². The van der Waals surface area contributed by atoms with Crippen molar-refractivity contribution in [3.8, 4) is 5.75 Å². The van der Waals surface area contributed by atoms with Crippen molar-refractivity contribution in [2.45, 2.75) is 19.3 Å². The maximum atomic E-state index is 5.48. The van der Waals surface area contributed by atoms with Gasteiger partial charge in [-0.05, 0) is 43.0 Å². The minimum atomic E-state index is 0.768. The van der Waals surface area contributed by atoms with Gasteiger partial charge in [0.1, 0.15) is 11.6 Å². The Bertz CT molecular complexity index is 528. The van der Waals surface area contributed by atoms with Crippen LogP contribution in [0.15, 0.2) is 30.5 Å². The highest BCUT2D eigenvalue weighted by Gasteiger charge is 2.03.